The number of amides is 2. The van der Waals surface area contributed by atoms with E-state index >= 15 is 0 Å². The average Bonchev–Trinajstić information content (AvgIpc) is 3.61. The maximum Gasteiger partial charge on any atom is 0.254 e. The van der Waals surface area contributed by atoms with E-state index in [1.165, 1.54) is 25.1 Å². The summed E-state index contributed by atoms with van der Waals surface area (Å²) in [6.45, 7) is 20.0. The number of aryl methyl sites for hydroxylation is 2. The molecule has 0 spiro atoms. The number of aromatic hydroxyl groups is 1. The molecule has 0 bridgehead atoms. The molecule has 1 fully saturated rings. The third-order valence-corrected chi connectivity index (χ3v) is 8.68. The van der Waals surface area contributed by atoms with Gasteiger partial charge in [-0.1, -0.05) is 69.3 Å². The Kier molecular flexibility index (Phi) is 20.4. The number of phenolic OH excluding ortho intramolecular Hbond substituents is 1. The first-order valence-corrected chi connectivity index (χ1v) is 17.9. The van der Waals surface area contributed by atoms with Crippen LogP contribution in [0.1, 0.15) is 94.4 Å². The van der Waals surface area contributed by atoms with Gasteiger partial charge in [-0.25, -0.2) is 0 Å². The predicted molar refractivity (Wildman–Crippen MR) is 205 cm³/mol. The van der Waals surface area contributed by atoms with Crippen molar-refractivity contribution in [1.29, 1.82) is 0 Å². The van der Waals surface area contributed by atoms with E-state index in [9.17, 15) is 14.7 Å². The van der Waals surface area contributed by atoms with Crippen molar-refractivity contribution in [2.75, 3.05) is 39.8 Å². The smallest absolute Gasteiger partial charge is 0.254 e. The largest absolute Gasteiger partial charge is 0.504 e. The Morgan fingerprint density at radius 1 is 0.880 bits per heavy atom. The number of hydrogen-bond donors (Lipinski definition) is 2. The number of piperazine rings is 1. The molecule has 50 heavy (non-hydrogen) atoms. The molecule has 2 heterocycles. The molecule has 9 heteroatoms. The standard InChI is InChI=1S/C28H37N3O4.C8H10.C2H4O.C2H6.CH5N/c1-5-35-26-17-21(9-10-25(26)33)11-12-28(3,4)31-18-22-7-6-8-23(24(22)19-31)27(34)30-15-13-29(14-16-30)20(2)32;1-2-8-6-4-3-5-7-8;1-2-3;2*1-2/h6-10,17,33H,5,11-16,18-19H2,1-4H3;3-7H,2H2,1H3;2H,1H3;1-2H3;2H2,1H3. The molecule has 0 saturated carbocycles. The number of phenols is 1. The second-order valence-corrected chi connectivity index (χ2v) is 12.2. The van der Waals surface area contributed by atoms with Crippen molar-refractivity contribution in [2.45, 2.75) is 93.3 Å². The summed E-state index contributed by atoms with van der Waals surface area (Å²) in [6, 6.07) is 22.1. The van der Waals surface area contributed by atoms with Gasteiger partial charge in [0.15, 0.2) is 11.5 Å². The Morgan fingerprint density at radius 2 is 1.48 bits per heavy atom. The Balaban J connectivity index is 0.000000702. The molecule has 2 aliphatic rings. The van der Waals surface area contributed by atoms with Gasteiger partial charge in [-0.15, -0.1) is 0 Å². The van der Waals surface area contributed by atoms with Gasteiger partial charge in [-0.3, -0.25) is 14.5 Å². The number of carbonyl (C=O) groups is 3. The van der Waals surface area contributed by atoms with Crippen LogP contribution in [-0.2, 0) is 35.5 Å². The predicted octanol–water partition coefficient (Wildman–Crippen LogP) is 6.88. The number of nitrogens with zero attached hydrogens (tertiary/aromatic N) is 3. The zero-order chi connectivity index (χ0) is 37.7. The van der Waals surface area contributed by atoms with E-state index in [1.807, 2.05) is 56.0 Å². The molecule has 3 aromatic rings. The van der Waals surface area contributed by atoms with Gasteiger partial charge >= 0.3 is 0 Å². The molecular weight excluding hydrogens is 628 g/mol. The van der Waals surface area contributed by atoms with Gasteiger partial charge in [-0.2, -0.15) is 0 Å². The van der Waals surface area contributed by atoms with Gasteiger partial charge < -0.3 is 30.2 Å². The maximum absolute atomic E-state index is 13.4. The zero-order valence-electron chi connectivity index (χ0n) is 32.0. The van der Waals surface area contributed by atoms with Crippen LogP contribution in [0.5, 0.6) is 11.5 Å². The molecular formula is C41H62N4O5. The Hall–Kier alpha value is -4.21. The molecule has 2 aliphatic heterocycles. The van der Waals surface area contributed by atoms with Crippen LogP contribution in [-0.4, -0.2) is 83.3 Å². The van der Waals surface area contributed by atoms with Crippen LogP contribution in [0.25, 0.3) is 0 Å². The molecule has 0 unspecified atom stereocenters. The third kappa shape index (κ3) is 13.2. The number of aldehydes is 1. The average molecular weight is 691 g/mol. The molecule has 3 N–H and O–H groups in total. The topological polar surface area (TPSA) is 116 Å². The highest BCUT2D eigenvalue weighted by Crippen LogP contribution is 2.35. The molecule has 0 radical (unpaired) electrons. The van der Waals surface area contributed by atoms with Crippen LogP contribution < -0.4 is 10.5 Å². The van der Waals surface area contributed by atoms with Crippen molar-refractivity contribution in [3.05, 3.63) is 94.5 Å². The van der Waals surface area contributed by atoms with Crippen LogP contribution in [0, 0.1) is 0 Å². The number of carbonyl (C=O) groups excluding carboxylic acids is 3. The molecule has 5 rings (SSSR count). The van der Waals surface area contributed by atoms with E-state index in [-0.39, 0.29) is 23.1 Å². The lowest BCUT2D eigenvalue weighted by atomic mass is 9.93. The fourth-order valence-electron chi connectivity index (χ4n) is 5.75. The van der Waals surface area contributed by atoms with Gasteiger partial charge in [0.1, 0.15) is 6.29 Å². The lowest BCUT2D eigenvalue weighted by molar-refractivity contribution is -0.130. The van der Waals surface area contributed by atoms with E-state index < -0.39 is 0 Å². The summed E-state index contributed by atoms with van der Waals surface area (Å²) in [4.78, 5) is 40.0. The summed E-state index contributed by atoms with van der Waals surface area (Å²) < 4.78 is 5.54. The molecule has 276 valence electrons. The fourth-order valence-corrected chi connectivity index (χ4v) is 5.75. The van der Waals surface area contributed by atoms with E-state index in [1.54, 1.807) is 17.9 Å². The van der Waals surface area contributed by atoms with Gasteiger partial charge in [0.25, 0.3) is 5.91 Å². The van der Waals surface area contributed by atoms with Crippen molar-refractivity contribution in [3.63, 3.8) is 0 Å². The highest BCUT2D eigenvalue weighted by Gasteiger charge is 2.34. The van der Waals surface area contributed by atoms with Gasteiger partial charge in [0.05, 0.1) is 6.61 Å². The number of rotatable bonds is 8. The first-order chi connectivity index (χ1) is 24.0. The molecule has 1 saturated heterocycles. The lowest BCUT2D eigenvalue weighted by Gasteiger charge is -2.36. The van der Waals surface area contributed by atoms with Crippen molar-refractivity contribution in [1.82, 2.24) is 14.7 Å². The second kappa shape index (κ2) is 23.2. The molecule has 9 nitrogen and oxygen atoms in total. The quantitative estimate of drug-likeness (QED) is 0.248. The van der Waals surface area contributed by atoms with E-state index in [4.69, 9.17) is 9.53 Å². The van der Waals surface area contributed by atoms with Crippen molar-refractivity contribution < 1.29 is 24.2 Å². The molecule has 2 amide bonds. The monoisotopic (exact) mass is 690 g/mol. The lowest BCUT2D eigenvalue weighted by Crippen LogP contribution is -2.50. The summed E-state index contributed by atoms with van der Waals surface area (Å²) in [5, 5.41) is 9.99. The maximum atomic E-state index is 13.4. The summed E-state index contributed by atoms with van der Waals surface area (Å²) in [7, 11) is 1.50. The molecule has 0 aromatic heterocycles. The van der Waals surface area contributed by atoms with Crippen LogP contribution in [0.2, 0.25) is 0 Å². The number of benzene rings is 3. The van der Waals surface area contributed by atoms with Crippen molar-refractivity contribution in [3.8, 4) is 11.5 Å². The minimum Gasteiger partial charge on any atom is -0.504 e. The normalized spacial score (nSPS) is 13.4. The van der Waals surface area contributed by atoms with E-state index in [0.717, 1.165) is 55.3 Å². The van der Waals surface area contributed by atoms with Crippen LogP contribution in [0.3, 0.4) is 0 Å². The van der Waals surface area contributed by atoms with E-state index in [2.05, 4.69) is 61.7 Å². The number of ether oxygens (including phenoxy) is 1. The number of hydrogen-bond acceptors (Lipinski definition) is 7. The van der Waals surface area contributed by atoms with Crippen molar-refractivity contribution in [2.24, 2.45) is 5.73 Å². The van der Waals surface area contributed by atoms with Crippen LogP contribution in [0.15, 0.2) is 66.7 Å². The molecule has 3 aromatic carbocycles. The van der Waals surface area contributed by atoms with Gasteiger partial charge in [0.2, 0.25) is 5.91 Å². The summed E-state index contributed by atoms with van der Waals surface area (Å²) in [5.41, 5.74) is 10.1. The van der Waals surface area contributed by atoms with Gasteiger partial charge in [-0.05, 0) is 94.5 Å². The Labute approximate surface area is 301 Å². The van der Waals surface area contributed by atoms with Crippen LogP contribution in [0.4, 0.5) is 0 Å². The first-order valence-electron chi connectivity index (χ1n) is 17.9. The van der Waals surface area contributed by atoms with Crippen molar-refractivity contribution >= 4 is 18.1 Å². The third-order valence-electron chi connectivity index (χ3n) is 8.68. The minimum absolute atomic E-state index is 0.0667. The fraction of sp³-hybridized carbons (Fsp3) is 0.488. The SMILES string of the molecule is CC.CC=O.CCOc1cc(CCC(C)(C)N2Cc3cccc(C(=O)N4CCN(C(C)=O)CC4)c3C2)ccc1O.CCc1ccccc1.CN. The van der Waals surface area contributed by atoms with Gasteiger partial charge in [0, 0.05) is 57.3 Å². The highest BCUT2D eigenvalue weighted by molar-refractivity contribution is 5.96. The summed E-state index contributed by atoms with van der Waals surface area (Å²) in [6.07, 6.45) is 3.70. The first kappa shape index (κ1) is 43.8. The minimum atomic E-state index is -0.0733. The number of nitrogens with two attached hydrogens (primary N) is 1. The number of fused-ring (bicyclic) bond motifs is 1. The Morgan fingerprint density at radius 3 is 2.02 bits per heavy atom. The molecule has 0 aliphatic carbocycles. The highest BCUT2D eigenvalue weighted by atomic mass is 16.5. The zero-order valence-corrected chi connectivity index (χ0v) is 32.0. The second-order valence-electron chi connectivity index (χ2n) is 12.2. The van der Waals surface area contributed by atoms with Crippen LogP contribution >= 0.6 is 0 Å². The Bertz CT molecular complexity index is 1440. The van der Waals surface area contributed by atoms with E-state index in [0.29, 0.717) is 38.5 Å². The summed E-state index contributed by atoms with van der Waals surface area (Å²) >= 11 is 0. The molecule has 0 atom stereocenters. The summed E-state index contributed by atoms with van der Waals surface area (Å²) in [5.74, 6) is 0.836.